The molecule has 4 nitrogen and oxygen atoms in total. The summed E-state index contributed by atoms with van der Waals surface area (Å²) >= 11 is 0. The van der Waals surface area contributed by atoms with Crippen molar-refractivity contribution in [2.75, 3.05) is 25.7 Å². The molecule has 3 rings (SSSR count). The first-order valence-electron chi connectivity index (χ1n) is 9.52. The minimum Gasteiger partial charge on any atom is -0.493 e. The lowest BCUT2D eigenvalue weighted by Crippen LogP contribution is -2.35. The normalized spacial score (nSPS) is 10.5. The number of amides is 1. The van der Waals surface area contributed by atoms with Crippen LogP contribution in [0, 0.1) is 11.6 Å². The van der Waals surface area contributed by atoms with Crippen LogP contribution >= 0.6 is 0 Å². The zero-order valence-electron chi connectivity index (χ0n) is 16.9. The molecule has 0 aliphatic heterocycles. The molecule has 0 bridgehead atoms. The van der Waals surface area contributed by atoms with Gasteiger partial charge in [-0.1, -0.05) is 36.4 Å². The molecule has 0 heterocycles. The Balaban J connectivity index is 1.85. The molecule has 0 unspecified atom stereocenters. The molecule has 0 spiro atoms. The lowest BCUT2D eigenvalue weighted by atomic mass is 10.1. The van der Waals surface area contributed by atoms with Gasteiger partial charge in [-0.15, -0.1) is 0 Å². The minimum atomic E-state index is -0.774. The number of ether oxygens (including phenoxy) is 2. The van der Waals surface area contributed by atoms with Crippen molar-refractivity contribution >= 4 is 11.6 Å². The van der Waals surface area contributed by atoms with Gasteiger partial charge in [0.2, 0.25) is 5.91 Å². The van der Waals surface area contributed by atoms with Crippen LogP contribution in [0.5, 0.6) is 11.5 Å². The Kier molecular flexibility index (Phi) is 7.01. The highest BCUT2D eigenvalue weighted by Crippen LogP contribution is 2.28. The van der Waals surface area contributed by atoms with Gasteiger partial charge in [0.05, 0.1) is 26.3 Å². The molecule has 3 aromatic rings. The molecule has 0 aromatic heterocycles. The summed E-state index contributed by atoms with van der Waals surface area (Å²) in [6.07, 6.45) is 0.571. The standard InChI is InChI=1S/C24H23F2NO3/c1-29-22-11-8-18(14-23(22)30-2)12-13-27(21-10-9-19(25)16-20(21)26)24(28)15-17-6-4-3-5-7-17/h3-11,14,16H,12-13,15H2,1-2H3. The number of methoxy groups -OCH3 is 2. The third kappa shape index (κ3) is 5.14. The fraction of sp³-hybridized carbons (Fsp3) is 0.208. The highest BCUT2D eigenvalue weighted by atomic mass is 19.1. The van der Waals surface area contributed by atoms with Gasteiger partial charge in [0.15, 0.2) is 11.5 Å². The van der Waals surface area contributed by atoms with Crippen LogP contribution in [0.15, 0.2) is 66.7 Å². The van der Waals surface area contributed by atoms with E-state index < -0.39 is 11.6 Å². The molecule has 0 aliphatic carbocycles. The smallest absolute Gasteiger partial charge is 0.231 e. The van der Waals surface area contributed by atoms with Gasteiger partial charge in [-0.05, 0) is 41.8 Å². The van der Waals surface area contributed by atoms with Crippen molar-refractivity contribution in [3.63, 3.8) is 0 Å². The summed E-state index contributed by atoms with van der Waals surface area (Å²) in [5, 5.41) is 0. The van der Waals surface area contributed by atoms with Crippen molar-refractivity contribution in [1.29, 1.82) is 0 Å². The van der Waals surface area contributed by atoms with Crippen LogP contribution in [0.1, 0.15) is 11.1 Å². The van der Waals surface area contributed by atoms with Crippen LogP contribution in [0.25, 0.3) is 0 Å². The molecule has 0 fully saturated rings. The number of carbonyl (C=O) groups is 1. The molecule has 0 aliphatic rings. The van der Waals surface area contributed by atoms with Gasteiger partial charge in [-0.25, -0.2) is 8.78 Å². The van der Waals surface area contributed by atoms with Crippen LogP contribution in [-0.4, -0.2) is 26.7 Å². The molecule has 0 N–H and O–H groups in total. The summed E-state index contributed by atoms with van der Waals surface area (Å²) in [7, 11) is 3.10. The highest BCUT2D eigenvalue weighted by Gasteiger charge is 2.20. The molecular formula is C24H23F2NO3. The van der Waals surface area contributed by atoms with Gasteiger partial charge in [0.25, 0.3) is 0 Å². The third-order valence-corrected chi connectivity index (χ3v) is 4.77. The summed E-state index contributed by atoms with van der Waals surface area (Å²) in [5.74, 6) is -0.560. The second kappa shape index (κ2) is 9.87. The molecule has 6 heteroatoms. The van der Waals surface area contributed by atoms with Crippen LogP contribution in [0.4, 0.5) is 14.5 Å². The Labute approximate surface area is 174 Å². The summed E-state index contributed by atoms with van der Waals surface area (Å²) < 4.78 is 38.4. The second-order valence-corrected chi connectivity index (χ2v) is 6.74. The van der Waals surface area contributed by atoms with E-state index in [1.165, 1.54) is 11.0 Å². The first kappa shape index (κ1) is 21.3. The van der Waals surface area contributed by atoms with Crippen molar-refractivity contribution in [3.8, 4) is 11.5 Å². The Morgan fingerprint density at radius 1 is 0.867 bits per heavy atom. The molecule has 0 saturated heterocycles. The number of anilines is 1. The lowest BCUT2D eigenvalue weighted by Gasteiger charge is -2.24. The van der Waals surface area contributed by atoms with Crippen LogP contribution in [0.2, 0.25) is 0 Å². The van der Waals surface area contributed by atoms with Crippen molar-refractivity contribution < 1.29 is 23.0 Å². The number of carbonyl (C=O) groups excluding carboxylic acids is 1. The predicted molar refractivity (Wildman–Crippen MR) is 112 cm³/mol. The first-order chi connectivity index (χ1) is 14.5. The molecular weight excluding hydrogens is 388 g/mol. The van der Waals surface area contributed by atoms with E-state index in [0.717, 1.165) is 23.3 Å². The third-order valence-electron chi connectivity index (χ3n) is 4.77. The zero-order chi connectivity index (χ0) is 21.5. The number of nitrogens with zero attached hydrogens (tertiary/aromatic N) is 1. The van der Waals surface area contributed by atoms with Crippen molar-refractivity contribution in [1.82, 2.24) is 0 Å². The van der Waals surface area contributed by atoms with E-state index in [0.29, 0.717) is 17.9 Å². The van der Waals surface area contributed by atoms with E-state index in [9.17, 15) is 13.6 Å². The van der Waals surface area contributed by atoms with E-state index in [1.54, 1.807) is 20.3 Å². The van der Waals surface area contributed by atoms with E-state index in [4.69, 9.17) is 9.47 Å². The second-order valence-electron chi connectivity index (χ2n) is 6.74. The van der Waals surface area contributed by atoms with E-state index >= 15 is 0 Å². The summed E-state index contributed by atoms with van der Waals surface area (Å²) in [5.41, 5.74) is 1.77. The maximum absolute atomic E-state index is 14.5. The SMILES string of the molecule is COc1ccc(CCN(C(=O)Cc2ccccc2)c2ccc(F)cc2F)cc1OC. The van der Waals surface area contributed by atoms with Crippen LogP contribution in [0.3, 0.4) is 0 Å². The minimum absolute atomic E-state index is 0.0535. The average Bonchev–Trinajstić information content (AvgIpc) is 2.75. The molecule has 3 aromatic carbocycles. The summed E-state index contributed by atoms with van der Waals surface area (Å²) in [6, 6.07) is 17.9. The van der Waals surface area contributed by atoms with Gasteiger partial charge in [0, 0.05) is 12.6 Å². The maximum atomic E-state index is 14.5. The number of hydrogen-bond acceptors (Lipinski definition) is 3. The quantitative estimate of drug-likeness (QED) is 0.535. The first-order valence-corrected chi connectivity index (χ1v) is 9.52. The molecule has 0 saturated carbocycles. The fourth-order valence-corrected chi connectivity index (χ4v) is 3.22. The Hall–Kier alpha value is -3.41. The highest BCUT2D eigenvalue weighted by molar-refractivity contribution is 5.94. The predicted octanol–water partition coefficient (Wildman–Crippen LogP) is 4.80. The molecule has 0 atom stereocenters. The van der Waals surface area contributed by atoms with E-state index in [-0.39, 0.29) is 24.6 Å². The molecule has 1 amide bonds. The van der Waals surface area contributed by atoms with Gasteiger partial charge in [-0.3, -0.25) is 4.79 Å². The van der Waals surface area contributed by atoms with E-state index in [1.807, 2.05) is 42.5 Å². The van der Waals surface area contributed by atoms with Crippen LogP contribution < -0.4 is 14.4 Å². The number of halogens is 2. The Morgan fingerprint density at radius 3 is 2.27 bits per heavy atom. The van der Waals surface area contributed by atoms with Gasteiger partial charge >= 0.3 is 0 Å². The fourth-order valence-electron chi connectivity index (χ4n) is 3.22. The summed E-state index contributed by atoms with van der Waals surface area (Å²) in [6.45, 7) is 0.226. The molecule has 156 valence electrons. The largest absolute Gasteiger partial charge is 0.493 e. The van der Waals surface area contributed by atoms with Gasteiger partial charge < -0.3 is 14.4 Å². The number of hydrogen-bond donors (Lipinski definition) is 0. The Morgan fingerprint density at radius 2 is 1.60 bits per heavy atom. The van der Waals surface area contributed by atoms with Crippen molar-refractivity contribution in [3.05, 3.63) is 89.5 Å². The number of benzene rings is 3. The maximum Gasteiger partial charge on any atom is 0.231 e. The zero-order valence-corrected chi connectivity index (χ0v) is 16.9. The molecule has 30 heavy (non-hydrogen) atoms. The van der Waals surface area contributed by atoms with Crippen molar-refractivity contribution in [2.45, 2.75) is 12.8 Å². The van der Waals surface area contributed by atoms with Crippen molar-refractivity contribution in [2.24, 2.45) is 0 Å². The summed E-state index contributed by atoms with van der Waals surface area (Å²) in [4.78, 5) is 14.4. The topological polar surface area (TPSA) is 38.8 Å². The molecule has 0 radical (unpaired) electrons. The van der Waals surface area contributed by atoms with Crippen LogP contribution in [-0.2, 0) is 17.6 Å². The van der Waals surface area contributed by atoms with E-state index in [2.05, 4.69) is 0 Å². The lowest BCUT2D eigenvalue weighted by molar-refractivity contribution is -0.118. The Bertz CT molecular complexity index is 1010. The van der Waals surface area contributed by atoms with Gasteiger partial charge in [-0.2, -0.15) is 0 Å². The monoisotopic (exact) mass is 411 g/mol. The number of rotatable bonds is 8. The average molecular weight is 411 g/mol. The van der Waals surface area contributed by atoms with Gasteiger partial charge in [0.1, 0.15) is 11.6 Å².